The van der Waals surface area contributed by atoms with Gasteiger partial charge in [0.25, 0.3) is 5.91 Å². The van der Waals surface area contributed by atoms with E-state index in [0.717, 1.165) is 25.9 Å². The van der Waals surface area contributed by atoms with Crippen LogP contribution in [-0.4, -0.2) is 49.2 Å². The van der Waals surface area contributed by atoms with Crippen molar-refractivity contribution >= 4 is 5.91 Å². The van der Waals surface area contributed by atoms with Crippen molar-refractivity contribution in [3.8, 4) is 0 Å². The number of carbonyl (C=O) groups is 1. The zero-order chi connectivity index (χ0) is 12.4. The topological polar surface area (TPSA) is 50.8 Å². The van der Waals surface area contributed by atoms with Crippen LogP contribution in [-0.2, 0) is 14.3 Å². The van der Waals surface area contributed by atoms with Crippen LogP contribution in [0.4, 0.5) is 0 Å². The Hall–Kier alpha value is -1.23. The van der Waals surface area contributed by atoms with Gasteiger partial charge in [0.1, 0.15) is 19.5 Å². The summed E-state index contributed by atoms with van der Waals surface area (Å²) in [6.07, 6.45) is 6.03. The number of carbonyl (C=O) groups excluding carboxylic acids is 1. The summed E-state index contributed by atoms with van der Waals surface area (Å²) in [5.74, 6) is 0.358. The van der Waals surface area contributed by atoms with Crippen molar-refractivity contribution in [1.82, 2.24) is 10.2 Å². The van der Waals surface area contributed by atoms with Gasteiger partial charge in [0.15, 0.2) is 0 Å². The second-order valence-electron chi connectivity index (χ2n) is 5.11. The first-order chi connectivity index (χ1) is 8.86. The number of amides is 1. The van der Waals surface area contributed by atoms with Crippen LogP contribution in [0.3, 0.4) is 0 Å². The molecule has 0 aliphatic carbocycles. The van der Waals surface area contributed by atoms with E-state index in [4.69, 9.17) is 9.47 Å². The molecule has 0 spiro atoms. The summed E-state index contributed by atoms with van der Waals surface area (Å²) in [5.41, 5.74) is 0. The number of nitrogens with one attached hydrogen (secondary N) is 1. The number of likely N-dealkylation sites (tertiary alicyclic amines) is 1. The summed E-state index contributed by atoms with van der Waals surface area (Å²) in [5, 5.41) is 3.50. The molecule has 0 aromatic heterocycles. The van der Waals surface area contributed by atoms with Crippen molar-refractivity contribution in [2.75, 3.05) is 26.3 Å². The predicted molar refractivity (Wildman–Crippen MR) is 65.7 cm³/mol. The molecule has 2 atom stereocenters. The first-order valence-electron chi connectivity index (χ1n) is 6.85. The minimum absolute atomic E-state index is 0.00843. The molecule has 3 aliphatic rings. The number of hydrogen-bond donors (Lipinski definition) is 1. The van der Waals surface area contributed by atoms with Crippen LogP contribution >= 0.6 is 0 Å². The zero-order valence-corrected chi connectivity index (χ0v) is 10.6. The maximum Gasteiger partial charge on any atom is 0.292 e. The van der Waals surface area contributed by atoms with Gasteiger partial charge in [-0.05, 0) is 32.2 Å². The van der Waals surface area contributed by atoms with Gasteiger partial charge in [0, 0.05) is 18.6 Å². The lowest BCUT2D eigenvalue weighted by atomic mass is 10.0. The van der Waals surface area contributed by atoms with E-state index in [1.54, 1.807) is 0 Å². The number of hydrogen-bond acceptors (Lipinski definition) is 4. The monoisotopic (exact) mass is 252 g/mol. The van der Waals surface area contributed by atoms with Gasteiger partial charge in [-0.15, -0.1) is 0 Å². The second kappa shape index (κ2) is 5.18. The maximum absolute atomic E-state index is 12.4. The fourth-order valence-electron chi connectivity index (χ4n) is 3.12. The molecule has 3 heterocycles. The first kappa shape index (κ1) is 11.8. The Morgan fingerprint density at radius 2 is 2.28 bits per heavy atom. The molecule has 5 heteroatoms. The fourth-order valence-corrected chi connectivity index (χ4v) is 3.12. The van der Waals surface area contributed by atoms with Gasteiger partial charge in [-0.25, -0.2) is 0 Å². The number of rotatable bonds is 2. The standard InChI is InChI=1S/C13H20N2O3/c16-13(12-9-17-7-8-18-12)15-6-2-4-11(15)10-3-1-5-14-10/h9-11,14H,1-8H2. The van der Waals surface area contributed by atoms with E-state index in [9.17, 15) is 4.79 Å². The average Bonchev–Trinajstić information content (AvgIpc) is 3.09. The highest BCUT2D eigenvalue weighted by Gasteiger charge is 2.37. The molecule has 2 unspecified atom stereocenters. The molecule has 1 amide bonds. The first-order valence-corrected chi connectivity index (χ1v) is 6.85. The molecule has 0 saturated carbocycles. The van der Waals surface area contributed by atoms with Gasteiger partial charge >= 0.3 is 0 Å². The molecule has 100 valence electrons. The van der Waals surface area contributed by atoms with E-state index in [2.05, 4.69) is 5.32 Å². The Morgan fingerprint density at radius 3 is 3.00 bits per heavy atom. The van der Waals surface area contributed by atoms with E-state index < -0.39 is 0 Å². The molecule has 5 nitrogen and oxygen atoms in total. The van der Waals surface area contributed by atoms with Crippen molar-refractivity contribution in [2.45, 2.75) is 37.8 Å². The molecule has 1 N–H and O–H groups in total. The molecular weight excluding hydrogens is 232 g/mol. The smallest absolute Gasteiger partial charge is 0.292 e. The van der Waals surface area contributed by atoms with Crippen LogP contribution < -0.4 is 5.32 Å². The van der Waals surface area contributed by atoms with Gasteiger partial charge in [0.05, 0.1) is 0 Å². The van der Waals surface area contributed by atoms with E-state index in [-0.39, 0.29) is 5.91 Å². The van der Waals surface area contributed by atoms with Crippen molar-refractivity contribution < 1.29 is 14.3 Å². The van der Waals surface area contributed by atoms with Crippen molar-refractivity contribution in [1.29, 1.82) is 0 Å². The summed E-state index contributed by atoms with van der Waals surface area (Å²) in [7, 11) is 0. The normalized spacial score (nSPS) is 31.8. The molecule has 0 radical (unpaired) electrons. The average molecular weight is 252 g/mol. The van der Waals surface area contributed by atoms with Crippen LogP contribution in [0.5, 0.6) is 0 Å². The lowest BCUT2D eigenvalue weighted by Gasteiger charge is -2.30. The van der Waals surface area contributed by atoms with Gasteiger partial charge < -0.3 is 19.7 Å². The van der Waals surface area contributed by atoms with E-state index in [1.165, 1.54) is 19.1 Å². The van der Waals surface area contributed by atoms with Crippen LogP contribution in [0.15, 0.2) is 12.0 Å². The number of ether oxygens (including phenoxy) is 2. The maximum atomic E-state index is 12.4. The Balaban J connectivity index is 1.69. The summed E-state index contributed by atoms with van der Waals surface area (Å²) in [6.45, 7) is 2.91. The van der Waals surface area contributed by atoms with Crippen molar-refractivity contribution in [2.24, 2.45) is 0 Å². The molecule has 18 heavy (non-hydrogen) atoms. The highest BCUT2D eigenvalue weighted by Crippen LogP contribution is 2.26. The second-order valence-corrected chi connectivity index (χ2v) is 5.11. The lowest BCUT2D eigenvalue weighted by molar-refractivity contribution is -0.133. The Bertz CT molecular complexity index is 350. The van der Waals surface area contributed by atoms with Gasteiger partial charge in [-0.3, -0.25) is 4.79 Å². The summed E-state index contributed by atoms with van der Waals surface area (Å²) in [4.78, 5) is 14.4. The largest absolute Gasteiger partial charge is 0.494 e. The minimum Gasteiger partial charge on any atom is -0.494 e. The Labute approximate surface area is 107 Å². The lowest BCUT2D eigenvalue weighted by Crippen LogP contribution is -2.47. The summed E-state index contributed by atoms with van der Waals surface area (Å²) in [6, 6.07) is 0.785. The van der Waals surface area contributed by atoms with E-state index >= 15 is 0 Å². The Kier molecular flexibility index (Phi) is 3.41. The zero-order valence-electron chi connectivity index (χ0n) is 10.6. The molecule has 2 fully saturated rings. The number of nitrogens with zero attached hydrogens (tertiary/aromatic N) is 1. The summed E-state index contributed by atoms with van der Waals surface area (Å²) >= 11 is 0. The van der Waals surface area contributed by atoms with Crippen LogP contribution in [0.1, 0.15) is 25.7 Å². The molecule has 0 aromatic carbocycles. The quantitative estimate of drug-likeness (QED) is 0.782. The van der Waals surface area contributed by atoms with Gasteiger partial charge in [-0.1, -0.05) is 0 Å². The summed E-state index contributed by atoms with van der Waals surface area (Å²) < 4.78 is 10.6. The highest BCUT2D eigenvalue weighted by atomic mass is 16.6. The molecule has 0 bridgehead atoms. The molecule has 3 rings (SSSR count). The third-order valence-electron chi connectivity index (χ3n) is 3.98. The SMILES string of the molecule is O=C(C1=COCCO1)N1CCCC1C1CCCN1. The molecular formula is C13H20N2O3. The van der Waals surface area contributed by atoms with Crippen LogP contribution in [0.25, 0.3) is 0 Å². The van der Waals surface area contributed by atoms with Gasteiger partial charge in [-0.2, -0.15) is 0 Å². The van der Waals surface area contributed by atoms with Crippen molar-refractivity contribution in [3.05, 3.63) is 12.0 Å². The molecule has 2 saturated heterocycles. The fraction of sp³-hybridized carbons (Fsp3) is 0.769. The van der Waals surface area contributed by atoms with Gasteiger partial charge in [0.2, 0.25) is 5.76 Å². The molecule has 3 aliphatic heterocycles. The van der Waals surface area contributed by atoms with Crippen molar-refractivity contribution in [3.63, 3.8) is 0 Å². The van der Waals surface area contributed by atoms with Crippen LogP contribution in [0, 0.1) is 0 Å². The third-order valence-corrected chi connectivity index (χ3v) is 3.98. The van der Waals surface area contributed by atoms with E-state index in [1.807, 2.05) is 4.90 Å². The highest BCUT2D eigenvalue weighted by molar-refractivity contribution is 5.91. The van der Waals surface area contributed by atoms with Crippen LogP contribution in [0.2, 0.25) is 0 Å². The van der Waals surface area contributed by atoms with E-state index in [0.29, 0.717) is 31.1 Å². The Morgan fingerprint density at radius 1 is 1.33 bits per heavy atom. The third kappa shape index (κ3) is 2.19. The minimum atomic E-state index is -0.00843. The molecule has 0 aromatic rings. The predicted octanol–water partition coefficient (Wildman–Crippen LogP) is 0.618.